The van der Waals surface area contributed by atoms with E-state index in [0.717, 1.165) is 19.8 Å². The standard InChI is InChI=1S/C12H28O2Si/c1-7-9-15(5,6)14-11-12(3,4)10-13-8-2/h7-11H2,1-6H3. The predicted octanol–water partition coefficient (Wildman–Crippen LogP) is 3.68. The Hall–Kier alpha value is 0.137. The molecule has 0 rings (SSSR count). The van der Waals surface area contributed by atoms with Gasteiger partial charge in [0.2, 0.25) is 0 Å². The van der Waals surface area contributed by atoms with Crippen molar-refractivity contribution in [3.63, 3.8) is 0 Å². The van der Waals surface area contributed by atoms with Gasteiger partial charge in [0.15, 0.2) is 8.32 Å². The third-order valence-electron chi connectivity index (χ3n) is 2.40. The van der Waals surface area contributed by atoms with E-state index in [1.165, 1.54) is 12.5 Å². The lowest BCUT2D eigenvalue weighted by atomic mass is 9.97. The Kier molecular flexibility index (Phi) is 6.72. The molecule has 3 heteroatoms. The fraction of sp³-hybridized carbons (Fsp3) is 1.00. The summed E-state index contributed by atoms with van der Waals surface area (Å²) < 4.78 is 11.5. The summed E-state index contributed by atoms with van der Waals surface area (Å²) in [6, 6.07) is 1.25. The van der Waals surface area contributed by atoms with Gasteiger partial charge in [-0.2, -0.15) is 0 Å². The first-order valence-corrected chi connectivity index (χ1v) is 9.16. The van der Waals surface area contributed by atoms with Crippen molar-refractivity contribution in [3.8, 4) is 0 Å². The lowest BCUT2D eigenvalue weighted by molar-refractivity contribution is 0.0385. The summed E-state index contributed by atoms with van der Waals surface area (Å²) in [5.74, 6) is 0. The molecule has 0 unspecified atom stereocenters. The fourth-order valence-corrected chi connectivity index (χ4v) is 3.61. The maximum Gasteiger partial charge on any atom is 0.186 e. The highest BCUT2D eigenvalue weighted by Gasteiger charge is 2.26. The number of hydrogen-bond acceptors (Lipinski definition) is 2. The minimum Gasteiger partial charge on any atom is -0.417 e. The molecule has 0 saturated carbocycles. The normalized spacial score (nSPS) is 13.2. The van der Waals surface area contributed by atoms with Crippen LogP contribution in [0.5, 0.6) is 0 Å². The van der Waals surface area contributed by atoms with Crippen molar-refractivity contribution in [3.05, 3.63) is 0 Å². The molecule has 0 aliphatic rings. The molecule has 92 valence electrons. The summed E-state index contributed by atoms with van der Waals surface area (Å²) in [5, 5.41) is 0. The molecule has 0 heterocycles. The zero-order chi connectivity index (χ0) is 11.9. The first kappa shape index (κ1) is 15.1. The van der Waals surface area contributed by atoms with Crippen LogP contribution in [0.25, 0.3) is 0 Å². The summed E-state index contributed by atoms with van der Waals surface area (Å²) in [7, 11) is -1.41. The Balaban J connectivity index is 3.90. The van der Waals surface area contributed by atoms with Crippen LogP contribution in [0, 0.1) is 5.41 Å². The van der Waals surface area contributed by atoms with Crippen LogP contribution in [0.3, 0.4) is 0 Å². The van der Waals surface area contributed by atoms with Gasteiger partial charge in [0.25, 0.3) is 0 Å². The minimum absolute atomic E-state index is 0.147. The largest absolute Gasteiger partial charge is 0.417 e. The maximum absolute atomic E-state index is 6.09. The van der Waals surface area contributed by atoms with Gasteiger partial charge in [-0.25, -0.2) is 0 Å². The van der Waals surface area contributed by atoms with Gasteiger partial charge in [-0.15, -0.1) is 0 Å². The summed E-state index contributed by atoms with van der Waals surface area (Å²) in [6.45, 7) is 15.7. The topological polar surface area (TPSA) is 18.5 Å². The van der Waals surface area contributed by atoms with Crippen LogP contribution >= 0.6 is 0 Å². The summed E-state index contributed by atoms with van der Waals surface area (Å²) in [4.78, 5) is 0. The molecule has 0 atom stereocenters. The Morgan fingerprint density at radius 2 is 1.67 bits per heavy atom. The van der Waals surface area contributed by atoms with Crippen molar-refractivity contribution in [1.82, 2.24) is 0 Å². The monoisotopic (exact) mass is 232 g/mol. The molecular weight excluding hydrogens is 204 g/mol. The van der Waals surface area contributed by atoms with Crippen LogP contribution in [-0.2, 0) is 9.16 Å². The van der Waals surface area contributed by atoms with E-state index in [0.29, 0.717) is 0 Å². The first-order valence-electron chi connectivity index (χ1n) is 6.05. The fourth-order valence-electron chi connectivity index (χ4n) is 1.48. The number of hydrogen-bond donors (Lipinski definition) is 0. The van der Waals surface area contributed by atoms with Gasteiger partial charge in [0.05, 0.1) is 6.61 Å². The highest BCUT2D eigenvalue weighted by Crippen LogP contribution is 2.21. The molecular formula is C12H28O2Si. The van der Waals surface area contributed by atoms with E-state index in [1.807, 2.05) is 6.92 Å². The van der Waals surface area contributed by atoms with Gasteiger partial charge < -0.3 is 9.16 Å². The van der Waals surface area contributed by atoms with Crippen molar-refractivity contribution in [2.75, 3.05) is 19.8 Å². The Morgan fingerprint density at radius 3 is 2.13 bits per heavy atom. The van der Waals surface area contributed by atoms with E-state index < -0.39 is 8.32 Å². The van der Waals surface area contributed by atoms with Gasteiger partial charge in [0.1, 0.15) is 0 Å². The van der Waals surface area contributed by atoms with Crippen molar-refractivity contribution < 1.29 is 9.16 Å². The van der Waals surface area contributed by atoms with Crippen LogP contribution in [0.15, 0.2) is 0 Å². The smallest absolute Gasteiger partial charge is 0.186 e. The molecule has 15 heavy (non-hydrogen) atoms. The van der Waals surface area contributed by atoms with Crippen LogP contribution in [0.1, 0.15) is 34.1 Å². The maximum atomic E-state index is 6.09. The van der Waals surface area contributed by atoms with E-state index in [1.54, 1.807) is 0 Å². The summed E-state index contributed by atoms with van der Waals surface area (Å²) in [6.07, 6.45) is 1.23. The van der Waals surface area contributed by atoms with E-state index in [9.17, 15) is 0 Å². The van der Waals surface area contributed by atoms with Crippen molar-refractivity contribution in [1.29, 1.82) is 0 Å². The lowest BCUT2D eigenvalue weighted by Gasteiger charge is -2.30. The van der Waals surface area contributed by atoms with Crippen molar-refractivity contribution in [2.24, 2.45) is 5.41 Å². The van der Waals surface area contributed by atoms with Crippen molar-refractivity contribution in [2.45, 2.75) is 53.3 Å². The Morgan fingerprint density at radius 1 is 1.07 bits per heavy atom. The quantitative estimate of drug-likeness (QED) is 0.594. The van der Waals surface area contributed by atoms with E-state index in [4.69, 9.17) is 9.16 Å². The minimum atomic E-state index is -1.41. The highest BCUT2D eigenvalue weighted by atomic mass is 28.4. The Bertz CT molecular complexity index is 167. The van der Waals surface area contributed by atoms with Gasteiger partial charge in [-0.05, 0) is 26.1 Å². The van der Waals surface area contributed by atoms with Gasteiger partial charge in [0, 0.05) is 18.6 Å². The average molecular weight is 232 g/mol. The van der Waals surface area contributed by atoms with Crippen LogP contribution in [0.2, 0.25) is 19.1 Å². The van der Waals surface area contributed by atoms with Crippen LogP contribution in [0.4, 0.5) is 0 Å². The molecule has 0 aromatic heterocycles. The number of rotatable bonds is 8. The molecule has 2 nitrogen and oxygen atoms in total. The molecule has 0 aliphatic carbocycles. The second-order valence-corrected chi connectivity index (χ2v) is 9.91. The SMILES string of the molecule is CCC[Si](C)(C)OCC(C)(C)COCC. The molecule has 0 spiro atoms. The molecule has 0 aliphatic heterocycles. The van der Waals surface area contributed by atoms with E-state index >= 15 is 0 Å². The number of ether oxygens (including phenoxy) is 1. The molecule has 0 aromatic carbocycles. The summed E-state index contributed by atoms with van der Waals surface area (Å²) >= 11 is 0. The van der Waals surface area contributed by atoms with Gasteiger partial charge >= 0.3 is 0 Å². The van der Waals surface area contributed by atoms with Crippen LogP contribution < -0.4 is 0 Å². The zero-order valence-corrected chi connectivity index (χ0v) is 12.4. The molecule has 0 bridgehead atoms. The molecule has 0 aromatic rings. The summed E-state index contributed by atoms with van der Waals surface area (Å²) in [5.41, 5.74) is 0.147. The predicted molar refractivity (Wildman–Crippen MR) is 68.8 cm³/mol. The van der Waals surface area contributed by atoms with Gasteiger partial charge in [-0.1, -0.05) is 27.2 Å². The highest BCUT2D eigenvalue weighted by molar-refractivity contribution is 6.71. The van der Waals surface area contributed by atoms with E-state index in [-0.39, 0.29) is 5.41 Å². The Labute approximate surface area is 96.5 Å². The lowest BCUT2D eigenvalue weighted by Crippen LogP contribution is -2.36. The third kappa shape index (κ3) is 8.00. The molecule has 0 radical (unpaired) electrons. The van der Waals surface area contributed by atoms with Crippen molar-refractivity contribution >= 4 is 8.32 Å². The second-order valence-electron chi connectivity index (χ2n) is 5.60. The molecule has 0 N–H and O–H groups in total. The average Bonchev–Trinajstić information content (AvgIpc) is 2.12. The first-order chi connectivity index (χ1) is 6.83. The van der Waals surface area contributed by atoms with E-state index in [2.05, 4.69) is 33.9 Å². The molecule has 0 amide bonds. The molecule has 0 fully saturated rings. The second kappa shape index (κ2) is 6.66. The van der Waals surface area contributed by atoms with Crippen LogP contribution in [-0.4, -0.2) is 28.1 Å². The van der Waals surface area contributed by atoms with Gasteiger partial charge in [-0.3, -0.25) is 0 Å². The third-order valence-corrected chi connectivity index (χ3v) is 5.03. The molecule has 0 saturated heterocycles. The zero-order valence-electron chi connectivity index (χ0n) is 11.4.